The van der Waals surface area contributed by atoms with Crippen LogP contribution in [-0.2, 0) is 9.84 Å². The summed E-state index contributed by atoms with van der Waals surface area (Å²) < 4.78 is 34.8. The van der Waals surface area contributed by atoms with Gasteiger partial charge >= 0.3 is 12.0 Å². The molecule has 116 valence electrons. The molecule has 0 bridgehead atoms. The third kappa shape index (κ3) is 6.21. The van der Waals surface area contributed by atoms with Crippen molar-refractivity contribution in [3.8, 4) is 0 Å². The minimum Gasteiger partial charge on any atom is -0.478 e. The summed E-state index contributed by atoms with van der Waals surface area (Å²) in [5.74, 6) is -2.07. The third-order valence-corrected chi connectivity index (χ3v) is 3.47. The number of carboxylic acids is 1. The number of aromatic carboxylic acids is 1. The Balaban J connectivity index is 2.59. The molecule has 0 spiro atoms. The molecule has 0 aliphatic rings. The Morgan fingerprint density at radius 3 is 2.57 bits per heavy atom. The van der Waals surface area contributed by atoms with Gasteiger partial charge in [-0.3, -0.25) is 0 Å². The second-order valence-corrected chi connectivity index (χ2v) is 6.62. The summed E-state index contributed by atoms with van der Waals surface area (Å²) in [5.41, 5.74) is -0.425. The van der Waals surface area contributed by atoms with E-state index in [1.54, 1.807) is 0 Å². The number of urea groups is 1. The summed E-state index contributed by atoms with van der Waals surface area (Å²) in [6.07, 6.45) is 1.31. The first-order valence-corrected chi connectivity index (χ1v) is 8.00. The second-order valence-electron chi connectivity index (χ2n) is 4.36. The molecule has 0 radical (unpaired) electrons. The van der Waals surface area contributed by atoms with E-state index < -0.39 is 27.7 Å². The molecule has 1 aromatic carbocycles. The maximum atomic E-state index is 13.1. The Hall–Kier alpha value is -2.16. The van der Waals surface area contributed by atoms with Crippen LogP contribution < -0.4 is 10.6 Å². The molecule has 2 amide bonds. The van der Waals surface area contributed by atoms with Gasteiger partial charge in [-0.2, -0.15) is 0 Å². The van der Waals surface area contributed by atoms with Crippen molar-refractivity contribution in [3.63, 3.8) is 0 Å². The van der Waals surface area contributed by atoms with Crippen LogP contribution in [0.2, 0.25) is 0 Å². The molecule has 0 fully saturated rings. The number of hydrogen-bond donors (Lipinski definition) is 3. The zero-order valence-corrected chi connectivity index (χ0v) is 12.0. The van der Waals surface area contributed by atoms with Gasteiger partial charge in [0.15, 0.2) is 0 Å². The summed E-state index contributed by atoms with van der Waals surface area (Å²) in [5, 5.41) is 13.5. The van der Waals surface area contributed by atoms with Crippen molar-refractivity contribution in [3.05, 3.63) is 29.6 Å². The highest BCUT2D eigenvalue weighted by Gasteiger charge is 2.13. The molecular formula is C12H15FN2O5S. The predicted octanol–water partition coefficient (Wildman–Crippen LogP) is 1.08. The number of hydrogen-bond acceptors (Lipinski definition) is 4. The van der Waals surface area contributed by atoms with E-state index in [9.17, 15) is 22.4 Å². The summed E-state index contributed by atoms with van der Waals surface area (Å²) in [7, 11) is -3.10. The average molecular weight is 318 g/mol. The number of amides is 2. The molecule has 1 aromatic rings. The summed E-state index contributed by atoms with van der Waals surface area (Å²) >= 11 is 0. The van der Waals surface area contributed by atoms with Crippen LogP contribution in [0, 0.1) is 5.82 Å². The van der Waals surface area contributed by atoms with Crippen LogP contribution >= 0.6 is 0 Å². The molecule has 9 heteroatoms. The van der Waals surface area contributed by atoms with Crippen molar-refractivity contribution in [1.82, 2.24) is 5.32 Å². The van der Waals surface area contributed by atoms with Gasteiger partial charge in [0, 0.05) is 12.8 Å². The zero-order chi connectivity index (χ0) is 16.0. The number of carbonyl (C=O) groups excluding carboxylic acids is 1. The first-order valence-electron chi connectivity index (χ1n) is 5.94. The lowest BCUT2D eigenvalue weighted by Gasteiger charge is -2.10. The Bertz CT molecular complexity index is 645. The third-order valence-electron chi connectivity index (χ3n) is 2.44. The number of rotatable bonds is 6. The largest absolute Gasteiger partial charge is 0.478 e. The Morgan fingerprint density at radius 1 is 1.33 bits per heavy atom. The topological polar surface area (TPSA) is 113 Å². The molecule has 0 aromatic heterocycles. The molecule has 0 saturated heterocycles. The minimum absolute atomic E-state index is 0.0758. The van der Waals surface area contributed by atoms with Crippen molar-refractivity contribution in [2.45, 2.75) is 6.42 Å². The van der Waals surface area contributed by atoms with E-state index in [0.29, 0.717) is 0 Å². The fraction of sp³-hybridized carbons (Fsp3) is 0.333. The molecule has 0 unspecified atom stereocenters. The number of nitrogens with one attached hydrogen (secondary N) is 2. The molecule has 0 heterocycles. The van der Waals surface area contributed by atoms with Gasteiger partial charge in [0.05, 0.1) is 17.0 Å². The van der Waals surface area contributed by atoms with Crippen molar-refractivity contribution in [2.24, 2.45) is 0 Å². The Labute approximate surface area is 121 Å². The van der Waals surface area contributed by atoms with Gasteiger partial charge in [-0.1, -0.05) is 0 Å². The van der Waals surface area contributed by atoms with Crippen molar-refractivity contribution >= 4 is 27.5 Å². The monoisotopic (exact) mass is 318 g/mol. The molecule has 21 heavy (non-hydrogen) atoms. The highest BCUT2D eigenvalue weighted by atomic mass is 32.2. The van der Waals surface area contributed by atoms with E-state index in [2.05, 4.69) is 10.6 Å². The first-order chi connectivity index (χ1) is 9.69. The van der Waals surface area contributed by atoms with Crippen LogP contribution in [0.4, 0.5) is 14.9 Å². The minimum atomic E-state index is -3.10. The van der Waals surface area contributed by atoms with Crippen LogP contribution in [-0.4, -0.2) is 44.1 Å². The molecule has 0 aliphatic heterocycles. The van der Waals surface area contributed by atoms with Crippen LogP contribution in [0.25, 0.3) is 0 Å². The van der Waals surface area contributed by atoms with E-state index in [0.717, 1.165) is 24.5 Å². The predicted molar refractivity (Wildman–Crippen MR) is 74.7 cm³/mol. The number of halogens is 1. The maximum Gasteiger partial charge on any atom is 0.337 e. The van der Waals surface area contributed by atoms with Gasteiger partial charge < -0.3 is 15.7 Å². The van der Waals surface area contributed by atoms with Crippen LogP contribution in [0.1, 0.15) is 16.8 Å². The van der Waals surface area contributed by atoms with E-state index in [4.69, 9.17) is 5.11 Å². The number of carboxylic acid groups (broad SMARTS) is 1. The normalized spacial score (nSPS) is 11.0. The SMILES string of the molecule is CS(=O)(=O)CCCNC(=O)Nc1cc(F)ccc1C(=O)O. The second kappa shape index (κ2) is 7.02. The molecule has 1 rings (SSSR count). The Morgan fingerprint density at radius 2 is 2.00 bits per heavy atom. The quantitative estimate of drug-likeness (QED) is 0.679. The van der Waals surface area contributed by atoms with Crippen molar-refractivity contribution < 1.29 is 27.5 Å². The van der Waals surface area contributed by atoms with Gasteiger partial charge in [-0.25, -0.2) is 22.4 Å². The van der Waals surface area contributed by atoms with Crippen LogP contribution in [0.5, 0.6) is 0 Å². The molecule has 0 aliphatic carbocycles. The summed E-state index contributed by atoms with van der Waals surface area (Å²) in [4.78, 5) is 22.5. The molecule has 0 atom stereocenters. The smallest absolute Gasteiger partial charge is 0.337 e. The van der Waals surface area contributed by atoms with Crippen LogP contribution in [0.3, 0.4) is 0 Å². The number of anilines is 1. The highest BCUT2D eigenvalue weighted by molar-refractivity contribution is 7.90. The summed E-state index contributed by atoms with van der Waals surface area (Å²) in [6, 6.07) is 2.16. The van der Waals surface area contributed by atoms with Crippen molar-refractivity contribution in [1.29, 1.82) is 0 Å². The number of benzene rings is 1. The van der Waals surface area contributed by atoms with E-state index in [1.165, 1.54) is 0 Å². The van der Waals surface area contributed by atoms with E-state index in [1.807, 2.05) is 0 Å². The molecule has 7 nitrogen and oxygen atoms in total. The lowest BCUT2D eigenvalue weighted by molar-refractivity contribution is 0.0698. The molecule has 3 N–H and O–H groups in total. The van der Waals surface area contributed by atoms with E-state index >= 15 is 0 Å². The number of carbonyl (C=O) groups is 2. The fourth-order valence-electron chi connectivity index (χ4n) is 1.51. The Kier molecular flexibility index (Phi) is 5.65. The lowest BCUT2D eigenvalue weighted by Crippen LogP contribution is -2.31. The van der Waals surface area contributed by atoms with Crippen molar-refractivity contribution in [2.75, 3.05) is 23.9 Å². The molecular weight excluding hydrogens is 303 g/mol. The summed E-state index contributed by atoms with van der Waals surface area (Å²) in [6.45, 7) is 0.0939. The zero-order valence-electron chi connectivity index (χ0n) is 11.2. The van der Waals surface area contributed by atoms with Gasteiger partial charge in [0.25, 0.3) is 0 Å². The lowest BCUT2D eigenvalue weighted by atomic mass is 10.2. The first kappa shape index (κ1) is 16.9. The fourth-order valence-corrected chi connectivity index (χ4v) is 2.18. The maximum absolute atomic E-state index is 13.1. The van der Waals surface area contributed by atoms with Gasteiger partial charge in [-0.05, 0) is 24.6 Å². The highest BCUT2D eigenvalue weighted by Crippen LogP contribution is 2.17. The van der Waals surface area contributed by atoms with Crippen LogP contribution in [0.15, 0.2) is 18.2 Å². The number of sulfone groups is 1. The van der Waals surface area contributed by atoms with Gasteiger partial charge in [-0.15, -0.1) is 0 Å². The molecule has 0 saturated carbocycles. The van der Waals surface area contributed by atoms with E-state index in [-0.39, 0.29) is 30.0 Å². The average Bonchev–Trinajstić information content (AvgIpc) is 2.33. The standard InChI is InChI=1S/C12H15FN2O5S/c1-21(19,20)6-2-5-14-12(18)15-10-7-8(13)3-4-9(10)11(16)17/h3-4,7H,2,5-6H2,1H3,(H,16,17)(H2,14,15,18). The van der Waals surface area contributed by atoms with Gasteiger partial charge in [0.1, 0.15) is 15.7 Å². The van der Waals surface area contributed by atoms with Gasteiger partial charge in [0.2, 0.25) is 0 Å².